The lowest BCUT2D eigenvalue weighted by Crippen LogP contribution is -2.42. The van der Waals surface area contributed by atoms with Crippen LogP contribution >= 0.6 is 11.6 Å². The number of benzene rings is 2. The quantitative estimate of drug-likeness (QED) is 0.716. The Balaban J connectivity index is 1.75. The maximum absolute atomic E-state index is 13.0. The van der Waals surface area contributed by atoms with Crippen molar-refractivity contribution in [3.8, 4) is 0 Å². The highest BCUT2D eigenvalue weighted by molar-refractivity contribution is 7.92. The molecule has 5 nitrogen and oxygen atoms in total. The summed E-state index contributed by atoms with van der Waals surface area (Å²) in [5.41, 5.74) is 0. The van der Waals surface area contributed by atoms with Gasteiger partial charge in [0.15, 0.2) is 9.84 Å². The highest BCUT2D eigenvalue weighted by Gasteiger charge is 2.35. The largest absolute Gasteiger partial charge is 0.243 e. The smallest absolute Gasteiger partial charge is 0.223 e. The molecular formula is C17H17ClFNO4S2. The van der Waals surface area contributed by atoms with Crippen molar-refractivity contribution < 1.29 is 21.2 Å². The lowest BCUT2D eigenvalue weighted by atomic mass is 10.2. The molecule has 0 aromatic heterocycles. The Morgan fingerprint density at radius 1 is 0.923 bits per heavy atom. The molecule has 0 radical (unpaired) electrons. The van der Waals surface area contributed by atoms with E-state index in [1.54, 1.807) is 12.1 Å². The summed E-state index contributed by atoms with van der Waals surface area (Å²) in [6.07, 6.45) is 0.360. The summed E-state index contributed by atoms with van der Waals surface area (Å²) < 4.78 is 65.0. The summed E-state index contributed by atoms with van der Waals surface area (Å²) in [4.78, 5) is 0.139. The topological polar surface area (TPSA) is 71.5 Å². The Morgan fingerprint density at radius 3 is 2.12 bits per heavy atom. The predicted octanol–water partition coefficient (Wildman–Crippen LogP) is 3.11. The fourth-order valence-corrected chi connectivity index (χ4v) is 6.48. The normalized spacial score (nSPS) is 17.3. The van der Waals surface area contributed by atoms with Crippen LogP contribution in [-0.4, -0.2) is 39.5 Å². The van der Waals surface area contributed by atoms with Crippen LogP contribution in [0.25, 0.3) is 0 Å². The molecule has 1 aliphatic rings. The summed E-state index contributed by atoms with van der Waals surface area (Å²) in [6.45, 7) is 0.194. The average molecular weight is 418 g/mol. The zero-order valence-corrected chi connectivity index (χ0v) is 16.1. The van der Waals surface area contributed by atoms with Gasteiger partial charge in [0, 0.05) is 18.1 Å². The average Bonchev–Trinajstić information content (AvgIpc) is 2.62. The van der Waals surface area contributed by atoms with Gasteiger partial charge in [-0.2, -0.15) is 4.31 Å². The van der Waals surface area contributed by atoms with E-state index in [9.17, 15) is 21.2 Å². The minimum atomic E-state index is -3.72. The molecule has 2 aromatic rings. The molecule has 2 aromatic carbocycles. The first-order chi connectivity index (χ1) is 12.2. The second-order valence-electron chi connectivity index (χ2n) is 6.06. The Bertz CT molecular complexity index is 999. The maximum Gasteiger partial charge on any atom is 0.243 e. The molecule has 0 saturated carbocycles. The van der Waals surface area contributed by atoms with E-state index < -0.39 is 30.9 Å². The number of piperidine rings is 1. The summed E-state index contributed by atoms with van der Waals surface area (Å²) in [5, 5.41) is -0.376. The van der Waals surface area contributed by atoms with Gasteiger partial charge < -0.3 is 0 Å². The van der Waals surface area contributed by atoms with Crippen LogP contribution in [0.3, 0.4) is 0 Å². The molecule has 1 saturated heterocycles. The zero-order chi connectivity index (χ0) is 18.9. The van der Waals surface area contributed by atoms with Crippen LogP contribution in [0.5, 0.6) is 0 Å². The van der Waals surface area contributed by atoms with E-state index in [0.29, 0.717) is 5.02 Å². The lowest BCUT2D eigenvalue weighted by Gasteiger charge is -2.31. The molecule has 1 heterocycles. The van der Waals surface area contributed by atoms with Crippen LogP contribution in [0.15, 0.2) is 58.3 Å². The van der Waals surface area contributed by atoms with Crippen molar-refractivity contribution in [3.63, 3.8) is 0 Å². The second kappa shape index (κ2) is 7.26. The highest BCUT2D eigenvalue weighted by atomic mass is 35.5. The van der Waals surface area contributed by atoms with Crippen LogP contribution in [0, 0.1) is 5.82 Å². The Morgan fingerprint density at radius 2 is 1.54 bits per heavy atom. The fourth-order valence-electron chi connectivity index (χ4n) is 2.98. The van der Waals surface area contributed by atoms with E-state index >= 15 is 0 Å². The van der Waals surface area contributed by atoms with Crippen molar-refractivity contribution in [2.24, 2.45) is 0 Å². The molecule has 1 aliphatic heterocycles. The first-order valence-electron chi connectivity index (χ1n) is 7.96. The van der Waals surface area contributed by atoms with E-state index in [-0.39, 0.29) is 35.7 Å². The lowest BCUT2D eigenvalue weighted by molar-refractivity contribution is 0.345. The Kier molecular flexibility index (Phi) is 5.39. The van der Waals surface area contributed by atoms with E-state index in [4.69, 9.17) is 11.6 Å². The number of sulfonamides is 1. The molecule has 0 spiro atoms. The van der Waals surface area contributed by atoms with Crippen LogP contribution in [0.4, 0.5) is 4.39 Å². The van der Waals surface area contributed by atoms with Crippen molar-refractivity contribution in [2.75, 3.05) is 13.1 Å². The number of sulfone groups is 1. The van der Waals surface area contributed by atoms with Crippen LogP contribution in [0.1, 0.15) is 12.8 Å². The number of hydrogen-bond donors (Lipinski definition) is 0. The fraction of sp³-hybridized carbons (Fsp3) is 0.294. The third kappa shape index (κ3) is 3.78. The SMILES string of the molecule is O=S(=O)(c1ccc(F)cc1)C1CCN(S(=O)(=O)c2cccc(Cl)c2)CC1. The van der Waals surface area contributed by atoms with Crippen molar-refractivity contribution in [3.05, 3.63) is 59.4 Å². The van der Waals surface area contributed by atoms with Gasteiger partial charge in [0.25, 0.3) is 0 Å². The van der Waals surface area contributed by atoms with E-state index in [1.165, 1.54) is 28.6 Å². The van der Waals surface area contributed by atoms with Crippen molar-refractivity contribution in [1.29, 1.82) is 0 Å². The van der Waals surface area contributed by atoms with Gasteiger partial charge in [-0.25, -0.2) is 21.2 Å². The van der Waals surface area contributed by atoms with Crippen LogP contribution < -0.4 is 0 Å². The Labute approximate surface area is 157 Å². The summed E-state index contributed by atoms with van der Waals surface area (Å²) >= 11 is 5.86. The number of hydrogen-bond acceptors (Lipinski definition) is 4. The minimum absolute atomic E-state index is 0.0510. The molecule has 0 atom stereocenters. The van der Waals surface area contributed by atoms with Crippen molar-refractivity contribution in [2.45, 2.75) is 27.9 Å². The first-order valence-corrected chi connectivity index (χ1v) is 11.3. The highest BCUT2D eigenvalue weighted by Crippen LogP contribution is 2.28. The minimum Gasteiger partial charge on any atom is -0.223 e. The van der Waals surface area contributed by atoms with E-state index in [0.717, 1.165) is 12.1 Å². The predicted molar refractivity (Wildman–Crippen MR) is 96.8 cm³/mol. The van der Waals surface area contributed by atoms with Gasteiger partial charge in [-0.3, -0.25) is 0 Å². The molecule has 0 aliphatic carbocycles. The molecule has 9 heteroatoms. The molecular weight excluding hydrogens is 401 g/mol. The van der Waals surface area contributed by atoms with Gasteiger partial charge in [-0.05, 0) is 55.3 Å². The van der Waals surface area contributed by atoms with Crippen molar-refractivity contribution >= 4 is 31.5 Å². The molecule has 0 N–H and O–H groups in total. The Hall–Kier alpha value is -1.48. The third-order valence-electron chi connectivity index (χ3n) is 4.42. The van der Waals surface area contributed by atoms with Gasteiger partial charge in [0.05, 0.1) is 15.0 Å². The zero-order valence-electron chi connectivity index (χ0n) is 13.7. The number of halogens is 2. The molecule has 3 rings (SSSR count). The van der Waals surface area contributed by atoms with Crippen LogP contribution in [0.2, 0.25) is 5.02 Å². The van der Waals surface area contributed by atoms with Gasteiger partial charge in [0.1, 0.15) is 5.82 Å². The molecule has 140 valence electrons. The van der Waals surface area contributed by atoms with E-state index in [2.05, 4.69) is 0 Å². The second-order valence-corrected chi connectivity index (χ2v) is 10.7. The monoisotopic (exact) mass is 417 g/mol. The summed E-state index contributed by atoms with van der Waals surface area (Å²) in [7, 11) is -7.35. The third-order valence-corrected chi connectivity index (χ3v) is 8.82. The first kappa shape index (κ1) is 19.3. The molecule has 0 unspecified atom stereocenters. The molecule has 26 heavy (non-hydrogen) atoms. The van der Waals surface area contributed by atoms with E-state index in [1.807, 2.05) is 0 Å². The molecule has 1 fully saturated rings. The number of rotatable bonds is 4. The maximum atomic E-state index is 13.0. The van der Waals surface area contributed by atoms with Crippen molar-refractivity contribution in [1.82, 2.24) is 4.31 Å². The summed E-state index contributed by atoms with van der Waals surface area (Å²) in [5.74, 6) is -0.508. The summed E-state index contributed by atoms with van der Waals surface area (Å²) in [6, 6.07) is 10.7. The van der Waals surface area contributed by atoms with Crippen LogP contribution in [-0.2, 0) is 19.9 Å². The van der Waals surface area contributed by atoms with Gasteiger partial charge in [0.2, 0.25) is 10.0 Å². The van der Waals surface area contributed by atoms with Gasteiger partial charge >= 0.3 is 0 Å². The standard InChI is InChI=1S/C17H17ClFNO4S2/c18-13-2-1-3-17(12-13)26(23,24)20-10-8-16(9-11-20)25(21,22)15-6-4-14(19)5-7-15/h1-7,12,16H,8-11H2. The molecule has 0 bridgehead atoms. The number of nitrogens with zero attached hydrogens (tertiary/aromatic N) is 1. The van der Waals surface area contributed by atoms with Gasteiger partial charge in [-0.1, -0.05) is 17.7 Å². The molecule has 0 amide bonds. The van der Waals surface area contributed by atoms with Gasteiger partial charge in [-0.15, -0.1) is 0 Å².